The first kappa shape index (κ1) is 18.0. The fraction of sp³-hybridized carbons (Fsp3) is 0.118. The number of carbonyl (C=O) groups is 3. The molecule has 9 heteroatoms. The number of aromatic carboxylic acids is 1. The van der Waals surface area contributed by atoms with Crippen LogP contribution in [0.5, 0.6) is 5.75 Å². The largest absolute Gasteiger partial charge is 0.482 e. The van der Waals surface area contributed by atoms with Gasteiger partial charge in [0, 0.05) is 15.7 Å². The molecule has 26 heavy (non-hydrogen) atoms. The molecule has 3 rings (SSSR count). The Morgan fingerprint density at radius 2 is 1.85 bits per heavy atom. The van der Waals surface area contributed by atoms with Gasteiger partial charge in [0.15, 0.2) is 6.61 Å². The quantitative estimate of drug-likeness (QED) is 0.830. The first-order chi connectivity index (χ1) is 12.3. The highest BCUT2D eigenvalue weighted by Gasteiger charge is 2.28. The van der Waals surface area contributed by atoms with E-state index in [0.29, 0.717) is 21.5 Å². The van der Waals surface area contributed by atoms with Crippen LogP contribution in [0.3, 0.4) is 0 Å². The minimum atomic E-state index is -1.15. The molecule has 2 aromatic carbocycles. The van der Waals surface area contributed by atoms with Crippen LogP contribution >= 0.6 is 23.2 Å². The van der Waals surface area contributed by atoms with Gasteiger partial charge < -0.3 is 15.2 Å². The van der Waals surface area contributed by atoms with Gasteiger partial charge in [-0.3, -0.25) is 14.5 Å². The van der Waals surface area contributed by atoms with Crippen LogP contribution in [0.2, 0.25) is 10.0 Å². The Balaban J connectivity index is 1.83. The second-order valence-corrected chi connectivity index (χ2v) is 6.34. The van der Waals surface area contributed by atoms with Crippen molar-refractivity contribution in [2.45, 2.75) is 0 Å². The highest BCUT2D eigenvalue weighted by Crippen LogP contribution is 2.33. The highest BCUT2D eigenvalue weighted by molar-refractivity contribution is 6.35. The van der Waals surface area contributed by atoms with Crippen molar-refractivity contribution in [2.24, 2.45) is 0 Å². The molecule has 0 saturated heterocycles. The number of rotatable bonds is 4. The molecule has 0 saturated carbocycles. The van der Waals surface area contributed by atoms with Crippen LogP contribution in [0.25, 0.3) is 0 Å². The zero-order chi connectivity index (χ0) is 18.8. The van der Waals surface area contributed by atoms with Crippen molar-refractivity contribution in [3.8, 4) is 5.75 Å². The molecule has 0 radical (unpaired) electrons. The minimum absolute atomic E-state index is 0.0194. The second kappa shape index (κ2) is 7.23. The fourth-order valence-electron chi connectivity index (χ4n) is 2.48. The molecule has 1 heterocycles. The zero-order valence-electron chi connectivity index (χ0n) is 13.2. The fourth-order valence-corrected chi connectivity index (χ4v) is 3.00. The third-order valence-corrected chi connectivity index (χ3v) is 4.03. The van der Waals surface area contributed by atoms with Crippen LogP contribution in [-0.4, -0.2) is 36.0 Å². The normalized spacial score (nSPS) is 13.0. The predicted octanol–water partition coefficient (Wildman–Crippen LogP) is 3.06. The maximum atomic E-state index is 12.3. The van der Waals surface area contributed by atoms with Crippen LogP contribution < -0.4 is 15.0 Å². The van der Waals surface area contributed by atoms with Crippen LogP contribution in [-0.2, 0) is 9.59 Å². The molecule has 0 fully saturated rings. The van der Waals surface area contributed by atoms with E-state index in [4.69, 9.17) is 33.0 Å². The lowest BCUT2D eigenvalue weighted by Gasteiger charge is -2.29. The molecule has 0 aromatic heterocycles. The zero-order valence-corrected chi connectivity index (χ0v) is 14.7. The average Bonchev–Trinajstić information content (AvgIpc) is 2.56. The molecular formula is C17H12Cl2N2O5. The first-order valence-corrected chi connectivity index (χ1v) is 8.15. The van der Waals surface area contributed by atoms with Gasteiger partial charge in [0.25, 0.3) is 5.91 Å². The Kier molecular flexibility index (Phi) is 5.01. The van der Waals surface area contributed by atoms with Crippen molar-refractivity contribution < 1.29 is 24.2 Å². The van der Waals surface area contributed by atoms with Gasteiger partial charge >= 0.3 is 5.97 Å². The van der Waals surface area contributed by atoms with Gasteiger partial charge in [-0.1, -0.05) is 23.2 Å². The van der Waals surface area contributed by atoms with Crippen LogP contribution in [0.1, 0.15) is 10.4 Å². The molecule has 1 aliphatic rings. The van der Waals surface area contributed by atoms with E-state index in [9.17, 15) is 14.4 Å². The summed E-state index contributed by atoms with van der Waals surface area (Å²) in [5.74, 6) is -1.78. The number of carboxylic acid groups (broad SMARTS) is 1. The van der Waals surface area contributed by atoms with E-state index < -0.39 is 17.8 Å². The number of fused-ring (bicyclic) bond motifs is 1. The lowest BCUT2D eigenvalue weighted by molar-refractivity contribution is -0.123. The highest BCUT2D eigenvalue weighted by atomic mass is 35.5. The summed E-state index contributed by atoms with van der Waals surface area (Å²) in [6.07, 6.45) is 0. The Morgan fingerprint density at radius 1 is 1.15 bits per heavy atom. The van der Waals surface area contributed by atoms with E-state index in [0.717, 1.165) is 0 Å². The van der Waals surface area contributed by atoms with E-state index in [1.165, 1.54) is 41.3 Å². The molecule has 0 spiro atoms. The lowest BCUT2D eigenvalue weighted by atomic mass is 10.1. The molecular weight excluding hydrogens is 383 g/mol. The Morgan fingerprint density at radius 3 is 2.50 bits per heavy atom. The molecule has 1 aliphatic heterocycles. The minimum Gasteiger partial charge on any atom is -0.482 e. The summed E-state index contributed by atoms with van der Waals surface area (Å²) in [5, 5.41) is 12.4. The summed E-state index contributed by atoms with van der Waals surface area (Å²) in [7, 11) is 0. The van der Waals surface area contributed by atoms with Crippen molar-refractivity contribution in [3.05, 3.63) is 52.0 Å². The van der Waals surface area contributed by atoms with Gasteiger partial charge in [-0.25, -0.2) is 4.79 Å². The van der Waals surface area contributed by atoms with Gasteiger partial charge in [0.1, 0.15) is 12.3 Å². The second-order valence-electron chi connectivity index (χ2n) is 5.46. The number of ether oxygens (including phenoxy) is 1. The van der Waals surface area contributed by atoms with Gasteiger partial charge in [0.2, 0.25) is 5.91 Å². The first-order valence-electron chi connectivity index (χ1n) is 7.40. The van der Waals surface area contributed by atoms with E-state index in [-0.39, 0.29) is 24.4 Å². The van der Waals surface area contributed by atoms with Crippen LogP contribution in [0.4, 0.5) is 11.4 Å². The number of amides is 2. The summed E-state index contributed by atoms with van der Waals surface area (Å²) in [5.41, 5.74) is 0.585. The SMILES string of the molecule is O=C(CN1C(=O)COc2ccc(C(=O)O)cc21)Nc1cc(Cl)cc(Cl)c1. The summed E-state index contributed by atoms with van der Waals surface area (Å²) in [4.78, 5) is 36.8. The molecule has 7 nitrogen and oxygen atoms in total. The Bertz CT molecular complexity index is 896. The van der Waals surface area contributed by atoms with Crippen molar-refractivity contribution in [3.63, 3.8) is 0 Å². The summed E-state index contributed by atoms with van der Waals surface area (Å²) < 4.78 is 5.28. The standard InChI is InChI=1S/C17H12Cl2N2O5/c18-10-4-11(19)6-12(5-10)20-15(22)7-21-13-3-9(17(24)25)1-2-14(13)26-8-16(21)23/h1-6H,7-8H2,(H,20,22)(H,24,25). The maximum Gasteiger partial charge on any atom is 0.335 e. The van der Waals surface area contributed by atoms with Gasteiger partial charge in [-0.15, -0.1) is 0 Å². The van der Waals surface area contributed by atoms with E-state index in [2.05, 4.69) is 5.32 Å². The van der Waals surface area contributed by atoms with Crippen molar-refractivity contribution in [1.82, 2.24) is 0 Å². The topological polar surface area (TPSA) is 95.9 Å². The van der Waals surface area contributed by atoms with E-state index >= 15 is 0 Å². The van der Waals surface area contributed by atoms with Crippen molar-refractivity contribution in [2.75, 3.05) is 23.4 Å². The van der Waals surface area contributed by atoms with Crippen molar-refractivity contribution >= 4 is 52.4 Å². The van der Waals surface area contributed by atoms with Gasteiger partial charge in [-0.2, -0.15) is 0 Å². The Hall–Kier alpha value is -2.77. The third kappa shape index (κ3) is 3.89. The number of carboxylic acids is 1. The molecule has 0 atom stereocenters. The number of anilines is 2. The predicted molar refractivity (Wildman–Crippen MR) is 96.3 cm³/mol. The molecule has 0 unspecified atom stereocenters. The number of nitrogens with one attached hydrogen (secondary N) is 1. The van der Waals surface area contributed by atoms with E-state index in [1.807, 2.05) is 0 Å². The lowest BCUT2D eigenvalue weighted by Crippen LogP contribution is -2.43. The molecule has 0 aliphatic carbocycles. The Labute approximate surface area is 158 Å². The number of hydrogen-bond donors (Lipinski definition) is 2. The van der Waals surface area contributed by atoms with Crippen molar-refractivity contribution in [1.29, 1.82) is 0 Å². The van der Waals surface area contributed by atoms with Crippen LogP contribution in [0.15, 0.2) is 36.4 Å². The number of benzene rings is 2. The molecule has 2 N–H and O–H groups in total. The summed E-state index contributed by atoms with van der Waals surface area (Å²) in [6, 6.07) is 8.66. The number of hydrogen-bond acceptors (Lipinski definition) is 4. The molecule has 2 amide bonds. The molecule has 134 valence electrons. The number of carbonyl (C=O) groups excluding carboxylic acids is 2. The average molecular weight is 395 g/mol. The van der Waals surface area contributed by atoms with Gasteiger partial charge in [-0.05, 0) is 36.4 Å². The number of halogens is 2. The van der Waals surface area contributed by atoms with Crippen LogP contribution in [0, 0.1) is 0 Å². The van der Waals surface area contributed by atoms with Gasteiger partial charge in [0.05, 0.1) is 11.3 Å². The monoisotopic (exact) mass is 394 g/mol. The smallest absolute Gasteiger partial charge is 0.335 e. The third-order valence-electron chi connectivity index (χ3n) is 3.60. The molecule has 0 bridgehead atoms. The number of nitrogens with zero attached hydrogens (tertiary/aromatic N) is 1. The maximum absolute atomic E-state index is 12.3. The molecule has 2 aromatic rings. The summed E-state index contributed by atoms with van der Waals surface area (Å²) in [6.45, 7) is -0.557. The van der Waals surface area contributed by atoms with E-state index in [1.54, 1.807) is 0 Å². The summed E-state index contributed by atoms with van der Waals surface area (Å²) >= 11 is 11.8.